The van der Waals surface area contributed by atoms with Gasteiger partial charge >= 0.3 is 18.1 Å². The Morgan fingerprint density at radius 3 is 2.24 bits per heavy atom. The summed E-state index contributed by atoms with van der Waals surface area (Å²) in [6.07, 6.45) is -3.48. The van der Waals surface area contributed by atoms with Crippen molar-refractivity contribution in [2.24, 2.45) is 0 Å². The van der Waals surface area contributed by atoms with Crippen LogP contribution in [0, 0.1) is 0 Å². The van der Waals surface area contributed by atoms with Gasteiger partial charge < -0.3 is 14.8 Å². The van der Waals surface area contributed by atoms with E-state index in [1.807, 2.05) is 0 Å². The van der Waals surface area contributed by atoms with E-state index in [1.165, 1.54) is 6.07 Å². The van der Waals surface area contributed by atoms with E-state index in [0.717, 1.165) is 35.0 Å². The summed E-state index contributed by atoms with van der Waals surface area (Å²) >= 11 is 0. The van der Waals surface area contributed by atoms with Crippen molar-refractivity contribution in [3.05, 3.63) is 53.3 Å². The SMILES string of the molecule is O=C(O)c1ccn(-c2cccc(C(F)(F)F)c2)c1C(=O)O. The number of carboxylic acids is 2. The number of hydrogen-bond acceptors (Lipinski definition) is 2. The van der Waals surface area contributed by atoms with E-state index in [-0.39, 0.29) is 5.69 Å². The molecule has 1 heterocycles. The molecule has 8 heteroatoms. The zero-order valence-electron chi connectivity index (χ0n) is 10.3. The first-order valence-electron chi connectivity index (χ1n) is 5.57. The molecule has 0 unspecified atom stereocenters. The summed E-state index contributed by atoms with van der Waals surface area (Å²) in [6, 6.07) is 4.98. The molecule has 1 aromatic carbocycles. The highest BCUT2D eigenvalue weighted by Crippen LogP contribution is 2.31. The molecule has 0 amide bonds. The fourth-order valence-electron chi connectivity index (χ4n) is 1.87. The Bertz CT molecular complexity index is 718. The minimum atomic E-state index is -4.58. The topological polar surface area (TPSA) is 79.5 Å². The molecular formula is C13H8F3NO4. The smallest absolute Gasteiger partial charge is 0.416 e. The van der Waals surface area contributed by atoms with E-state index in [1.54, 1.807) is 0 Å². The number of benzene rings is 1. The highest BCUT2D eigenvalue weighted by Gasteiger charge is 2.31. The largest absolute Gasteiger partial charge is 0.478 e. The number of nitrogens with zero attached hydrogens (tertiary/aromatic N) is 1. The van der Waals surface area contributed by atoms with Crippen LogP contribution in [0.3, 0.4) is 0 Å². The van der Waals surface area contributed by atoms with Gasteiger partial charge in [0.15, 0.2) is 0 Å². The number of hydrogen-bond donors (Lipinski definition) is 2. The van der Waals surface area contributed by atoms with Crippen molar-refractivity contribution in [2.45, 2.75) is 6.18 Å². The van der Waals surface area contributed by atoms with Crippen molar-refractivity contribution in [3.8, 4) is 5.69 Å². The first-order valence-corrected chi connectivity index (χ1v) is 5.57. The van der Waals surface area contributed by atoms with Gasteiger partial charge in [-0.2, -0.15) is 13.2 Å². The van der Waals surface area contributed by atoms with Crippen LogP contribution >= 0.6 is 0 Å². The zero-order valence-corrected chi connectivity index (χ0v) is 10.3. The van der Waals surface area contributed by atoms with Crippen molar-refractivity contribution in [1.82, 2.24) is 4.57 Å². The van der Waals surface area contributed by atoms with Crippen LogP contribution in [0.2, 0.25) is 0 Å². The van der Waals surface area contributed by atoms with Gasteiger partial charge in [-0.05, 0) is 24.3 Å². The molecule has 2 N–H and O–H groups in total. The predicted molar refractivity (Wildman–Crippen MR) is 64.7 cm³/mol. The molecule has 2 rings (SSSR count). The summed E-state index contributed by atoms with van der Waals surface area (Å²) in [7, 11) is 0. The Balaban J connectivity index is 2.63. The van der Waals surface area contributed by atoms with Crippen LogP contribution in [-0.2, 0) is 6.18 Å². The van der Waals surface area contributed by atoms with Gasteiger partial charge in [-0.3, -0.25) is 0 Å². The molecule has 0 radical (unpaired) electrons. The average Bonchev–Trinajstić information content (AvgIpc) is 2.82. The number of halogens is 3. The van der Waals surface area contributed by atoms with Crippen LogP contribution in [0.15, 0.2) is 36.5 Å². The van der Waals surface area contributed by atoms with Crippen LogP contribution in [-0.4, -0.2) is 26.7 Å². The molecular weight excluding hydrogens is 291 g/mol. The maximum atomic E-state index is 12.7. The third kappa shape index (κ3) is 2.73. The third-order valence-corrected chi connectivity index (χ3v) is 2.77. The normalized spacial score (nSPS) is 11.4. The molecule has 0 fully saturated rings. The molecule has 0 aliphatic heterocycles. The lowest BCUT2D eigenvalue weighted by molar-refractivity contribution is -0.137. The lowest BCUT2D eigenvalue weighted by Gasteiger charge is -2.11. The van der Waals surface area contributed by atoms with Crippen molar-refractivity contribution in [3.63, 3.8) is 0 Å². The Hall–Kier alpha value is -2.77. The molecule has 21 heavy (non-hydrogen) atoms. The van der Waals surface area contributed by atoms with Crippen molar-refractivity contribution < 1.29 is 33.0 Å². The fraction of sp³-hybridized carbons (Fsp3) is 0.0769. The number of aromatic nitrogens is 1. The monoisotopic (exact) mass is 299 g/mol. The van der Waals surface area contributed by atoms with Crippen molar-refractivity contribution in [2.75, 3.05) is 0 Å². The van der Waals surface area contributed by atoms with Gasteiger partial charge in [0.2, 0.25) is 0 Å². The van der Waals surface area contributed by atoms with Gasteiger partial charge in [0, 0.05) is 11.9 Å². The van der Waals surface area contributed by atoms with Crippen molar-refractivity contribution >= 4 is 11.9 Å². The standard InChI is InChI=1S/C13H8F3NO4/c14-13(15,16)7-2-1-3-8(6-7)17-5-4-9(11(18)19)10(17)12(20)21/h1-6H,(H,18,19)(H,20,21). The molecule has 0 spiro atoms. The second-order valence-electron chi connectivity index (χ2n) is 4.11. The Labute approximate surface area is 115 Å². The second kappa shape index (κ2) is 4.97. The molecule has 1 aromatic heterocycles. The molecule has 0 saturated carbocycles. The summed E-state index contributed by atoms with van der Waals surface area (Å²) < 4.78 is 38.9. The van der Waals surface area contributed by atoms with E-state index in [4.69, 9.17) is 10.2 Å². The molecule has 2 aromatic rings. The Morgan fingerprint density at radius 1 is 1.05 bits per heavy atom. The van der Waals surface area contributed by atoms with Gasteiger partial charge in [0.05, 0.1) is 11.1 Å². The molecule has 0 atom stereocenters. The van der Waals surface area contributed by atoms with Gasteiger partial charge in [-0.25, -0.2) is 9.59 Å². The Kier molecular flexibility index (Phi) is 3.46. The zero-order chi connectivity index (χ0) is 15.8. The van der Waals surface area contributed by atoms with Crippen LogP contribution in [0.4, 0.5) is 13.2 Å². The van der Waals surface area contributed by atoms with Crippen LogP contribution in [0.5, 0.6) is 0 Å². The number of aromatic carboxylic acids is 2. The van der Waals surface area contributed by atoms with Crippen LogP contribution < -0.4 is 0 Å². The summed E-state index contributed by atoms with van der Waals surface area (Å²) in [6.45, 7) is 0. The van der Waals surface area contributed by atoms with E-state index in [9.17, 15) is 22.8 Å². The quantitative estimate of drug-likeness (QED) is 0.913. The molecule has 0 bridgehead atoms. The number of rotatable bonds is 3. The summed E-state index contributed by atoms with van der Waals surface area (Å²) in [5.74, 6) is -3.02. The van der Waals surface area contributed by atoms with Crippen LogP contribution in [0.1, 0.15) is 26.4 Å². The van der Waals surface area contributed by atoms with E-state index in [2.05, 4.69) is 0 Å². The van der Waals surface area contributed by atoms with Gasteiger partial charge in [0.25, 0.3) is 0 Å². The average molecular weight is 299 g/mol. The Morgan fingerprint density at radius 2 is 1.71 bits per heavy atom. The summed E-state index contributed by atoms with van der Waals surface area (Å²) in [5.41, 5.74) is -2.15. The first kappa shape index (κ1) is 14.6. The van der Waals surface area contributed by atoms with Gasteiger partial charge in [0.1, 0.15) is 5.69 Å². The van der Waals surface area contributed by atoms with E-state index < -0.39 is 34.9 Å². The summed E-state index contributed by atoms with van der Waals surface area (Å²) in [5, 5.41) is 18.0. The minimum Gasteiger partial charge on any atom is -0.478 e. The number of carbonyl (C=O) groups is 2. The minimum absolute atomic E-state index is 0.0882. The lowest BCUT2D eigenvalue weighted by atomic mass is 10.2. The summed E-state index contributed by atoms with van der Waals surface area (Å²) in [4.78, 5) is 22.1. The lowest BCUT2D eigenvalue weighted by Crippen LogP contribution is -2.12. The van der Waals surface area contributed by atoms with E-state index in [0.29, 0.717) is 0 Å². The highest BCUT2D eigenvalue weighted by molar-refractivity contribution is 6.01. The third-order valence-electron chi connectivity index (χ3n) is 2.77. The molecule has 5 nitrogen and oxygen atoms in total. The molecule has 0 aliphatic rings. The maximum absolute atomic E-state index is 12.7. The predicted octanol–water partition coefficient (Wildman–Crippen LogP) is 2.89. The van der Waals surface area contributed by atoms with Gasteiger partial charge in [-0.1, -0.05) is 6.07 Å². The van der Waals surface area contributed by atoms with Crippen molar-refractivity contribution in [1.29, 1.82) is 0 Å². The maximum Gasteiger partial charge on any atom is 0.416 e. The van der Waals surface area contributed by atoms with Gasteiger partial charge in [-0.15, -0.1) is 0 Å². The number of carboxylic acid groups (broad SMARTS) is 2. The first-order chi connectivity index (χ1) is 9.71. The van der Waals surface area contributed by atoms with E-state index >= 15 is 0 Å². The molecule has 0 aliphatic carbocycles. The highest BCUT2D eigenvalue weighted by atomic mass is 19.4. The molecule has 0 saturated heterocycles. The second-order valence-corrected chi connectivity index (χ2v) is 4.11. The molecule has 110 valence electrons. The number of alkyl halides is 3. The van der Waals surface area contributed by atoms with Crippen LogP contribution in [0.25, 0.3) is 5.69 Å². The fourth-order valence-corrected chi connectivity index (χ4v) is 1.87.